The zero-order valence-corrected chi connectivity index (χ0v) is 14.3. The van der Waals surface area contributed by atoms with Crippen LogP contribution in [0.2, 0.25) is 0 Å². The number of aromatic nitrogens is 2. The van der Waals surface area contributed by atoms with E-state index >= 15 is 0 Å². The average molecular weight is 334 g/mol. The second-order valence-corrected chi connectivity index (χ2v) is 5.31. The van der Waals surface area contributed by atoms with Gasteiger partial charge in [0.1, 0.15) is 11.1 Å². The summed E-state index contributed by atoms with van der Waals surface area (Å²) in [5, 5.41) is 0. The molecule has 0 saturated carbocycles. The Balaban J connectivity index is 2.43. The van der Waals surface area contributed by atoms with Gasteiger partial charge in [0.25, 0.3) is 0 Å². The Labute approximate surface area is 140 Å². The summed E-state index contributed by atoms with van der Waals surface area (Å²) in [5.41, 5.74) is 1.25. The van der Waals surface area contributed by atoms with Gasteiger partial charge in [0.15, 0.2) is 5.75 Å². The molecule has 7 nitrogen and oxygen atoms in total. The van der Waals surface area contributed by atoms with Crippen LogP contribution in [0.3, 0.4) is 0 Å². The van der Waals surface area contributed by atoms with Crippen molar-refractivity contribution in [2.75, 3.05) is 13.2 Å². The predicted molar refractivity (Wildman–Crippen MR) is 87.8 cm³/mol. The molecule has 0 radical (unpaired) electrons. The van der Waals surface area contributed by atoms with Gasteiger partial charge in [0.05, 0.1) is 31.2 Å². The van der Waals surface area contributed by atoms with Gasteiger partial charge in [-0.25, -0.2) is 9.59 Å². The SMILES string of the molecule is CCOC(=O)c1cn(-c2c[nH]cc2C(=O)OCC)cc1OC(C)C. The molecular weight excluding hydrogens is 312 g/mol. The molecule has 0 aliphatic carbocycles. The summed E-state index contributed by atoms with van der Waals surface area (Å²) in [7, 11) is 0. The standard InChI is InChI=1S/C17H22N2O5/c1-5-22-16(20)12-7-18-8-14(12)19-9-13(17(21)23-6-2)15(10-19)24-11(3)4/h7-11,18H,5-6H2,1-4H3. The Morgan fingerprint density at radius 2 is 1.67 bits per heavy atom. The van der Waals surface area contributed by atoms with Crippen molar-refractivity contribution in [3.05, 3.63) is 35.9 Å². The highest BCUT2D eigenvalue weighted by molar-refractivity contribution is 5.95. The van der Waals surface area contributed by atoms with Crippen LogP contribution < -0.4 is 4.74 Å². The van der Waals surface area contributed by atoms with Crippen molar-refractivity contribution in [3.8, 4) is 11.4 Å². The van der Waals surface area contributed by atoms with E-state index in [4.69, 9.17) is 14.2 Å². The number of hydrogen-bond donors (Lipinski definition) is 1. The molecule has 0 aliphatic heterocycles. The molecule has 0 amide bonds. The Bertz CT molecular complexity index is 714. The van der Waals surface area contributed by atoms with Crippen LogP contribution in [0.4, 0.5) is 0 Å². The summed E-state index contributed by atoms with van der Waals surface area (Å²) in [5.74, 6) is -0.508. The van der Waals surface area contributed by atoms with E-state index in [1.54, 1.807) is 43.2 Å². The lowest BCUT2D eigenvalue weighted by molar-refractivity contribution is 0.0514. The quantitative estimate of drug-likeness (QED) is 0.787. The molecule has 0 unspecified atom stereocenters. The minimum Gasteiger partial charge on any atom is -0.488 e. The summed E-state index contributed by atoms with van der Waals surface area (Å²) < 4.78 is 17.4. The predicted octanol–water partition coefficient (Wildman–Crippen LogP) is 2.95. The number of aromatic amines is 1. The lowest BCUT2D eigenvalue weighted by atomic mass is 10.3. The van der Waals surface area contributed by atoms with Gasteiger partial charge in [-0.2, -0.15) is 0 Å². The number of H-pyrrole nitrogens is 1. The van der Waals surface area contributed by atoms with E-state index in [1.807, 2.05) is 13.8 Å². The molecule has 2 aromatic heterocycles. The number of carbonyl (C=O) groups excluding carboxylic acids is 2. The average Bonchev–Trinajstić information content (AvgIpc) is 3.13. The van der Waals surface area contributed by atoms with Crippen molar-refractivity contribution in [1.29, 1.82) is 0 Å². The summed E-state index contributed by atoms with van der Waals surface area (Å²) in [6.07, 6.45) is 6.34. The van der Waals surface area contributed by atoms with Crippen LogP contribution in [0.1, 0.15) is 48.4 Å². The number of esters is 2. The van der Waals surface area contributed by atoms with E-state index < -0.39 is 11.9 Å². The first-order chi connectivity index (χ1) is 11.5. The summed E-state index contributed by atoms with van der Waals surface area (Å²) >= 11 is 0. The summed E-state index contributed by atoms with van der Waals surface area (Å²) in [4.78, 5) is 27.0. The molecule has 7 heteroatoms. The van der Waals surface area contributed by atoms with E-state index in [9.17, 15) is 9.59 Å². The maximum absolute atomic E-state index is 12.1. The maximum Gasteiger partial charge on any atom is 0.343 e. The highest BCUT2D eigenvalue weighted by Gasteiger charge is 2.21. The molecule has 2 rings (SSSR count). The Morgan fingerprint density at radius 1 is 1.04 bits per heavy atom. The first kappa shape index (κ1) is 17.7. The molecule has 0 aromatic carbocycles. The molecule has 0 saturated heterocycles. The van der Waals surface area contributed by atoms with Crippen molar-refractivity contribution < 1.29 is 23.8 Å². The third-order valence-corrected chi connectivity index (χ3v) is 3.15. The number of nitrogens with zero attached hydrogens (tertiary/aromatic N) is 1. The fourth-order valence-corrected chi connectivity index (χ4v) is 2.23. The highest BCUT2D eigenvalue weighted by Crippen LogP contribution is 2.26. The molecule has 2 heterocycles. The van der Waals surface area contributed by atoms with Gasteiger partial charge >= 0.3 is 11.9 Å². The van der Waals surface area contributed by atoms with Crippen LogP contribution >= 0.6 is 0 Å². The molecule has 2 aromatic rings. The monoisotopic (exact) mass is 334 g/mol. The van der Waals surface area contributed by atoms with Crippen LogP contribution in [0.15, 0.2) is 24.8 Å². The Morgan fingerprint density at radius 3 is 2.25 bits per heavy atom. The number of ether oxygens (including phenoxy) is 3. The Hall–Kier alpha value is -2.70. The van der Waals surface area contributed by atoms with Gasteiger partial charge < -0.3 is 23.8 Å². The first-order valence-electron chi connectivity index (χ1n) is 7.87. The first-order valence-corrected chi connectivity index (χ1v) is 7.87. The van der Waals surface area contributed by atoms with Gasteiger partial charge in [-0.15, -0.1) is 0 Å². The lowest BCUT2D eigenvalue weighted by Crippen LogP contribution is -2.10. The van der Waals surface area contributed by atoms with Crippen LogP contribution in [-0.4, -0.2) is 40.8 Å². The molecule has 24 heavy (non-hydrogen) atoms. The molecule has 0 aliphatic rings. The fourth-order valence-electron chi connectivity index (χ4n) is 2.23. The molecule has 0 fully saturated rings. The fraction of sp³-hybridized carbons (Fsp3) is 0.412. The molecule has 0 bridgehead atoms. The zero-order chi connectivity index (χ0) is 17.7. The van der Waals surface area contributed by atoms with Crippen molar-refractivity contribution in [1.82, 2.24) is 9.55 Å². The number of rotatable bonds is 7. The van der Waals surface area contributed by atoms with E-state index in [0.29, 0.717) is 22.6 Å². The minimum absolute atomic E-state index is 0.107. The van der Waals surface area contributed by atoms with Crippen LogP contribution in [0.25, 0.3) is 5.69 Å². The van der Waals surface area contributed by atoms with Gasteiger partial charge in [0, 0.05) is 18.6 Å². The zero-order valence-electron chi connectivity index (χ0n) is 14.3. The van der Waals surface area contributed by atoms with Crippen LogP contribution in [0.5, 0.6) is 5.75 Å². The number of hydrogen-bond acceptors (Lipinski definition) is 5. The molecule has 1 N–H and O–H groups in total. The minimum atomic E-state index is -0.472. The maximum atomic E-state index is 12.1. The topological polar surface area (TPSA) is 82.6 Å². The van der Waals surface area contributed by atoms with Crippen LogP contribution in [0, 0.1) is 0 Å². The molecule has 130 valence electrons. The van der Waals surface area contributed by atoms with E-state index in [2.05, 4.69) is 4.98 Å². The molecule has 0 atom stereocenters. The largest absolute Gasteiger partial charge is 0.488 e. The number of nitrogens with one attached hydrogen (secondary N) is 1. The second-order valence-electron chi connectivity index (χ2n) is 5.31. The van der Waals surface area contributed by atoms with Gasteiger partial charge in [-0.3, -0.25) is 0 Å². The lowest BCUT2D eigenvalue weighted by Gasteiger charge is -2.09. The van der Waals surface area contributed by atoms with Crippen molar-refractivity contribution >= 4 is 11.9 Å². The normalized spacial score (nSPS) is 10.7. The van der Waals surface area contributed by atoms with E-state index in [0.717, 1.165) is 0 Å². The van der Waals surface area contributed by atoms with E-state index in [1.165, 1.54) is 0 Å². The second kappa shape index (κ2) is 7.72. The third-order valence-electron chi connectivity index (χ3n) is 3.15. The van der Waals surface area contributed by atoms with E-state index in [-0.39, 0.29) is 19.3 Å². The van der Waals surface area contributed by atoms with Crippen molar-refractivity contribution in [2.45, 2.75) is 33.8 Å². The third kappa shape index (κ3) is 3.79. The van der Waals surface area contributed by atoms with Crippen LogP contribution in [-0.2, 0) is 9.47 Å². The summed E-state index contributed by atoms with van der Waals surface area (Å²) in [6, 6.07) is 0. The smallest absolute Gasteiger partial charge is 0.343 e. The molecule has 0 spiro atoms. The number of carbonyl (C=O) groups is 2. The van der Waals surface area contributed by atoms with Gasteiger partial charge in [-0.05, 0) is 27.7 Å². The summed E-state index contributed by atoms with van der Waals surface area (Å²) in [6.45, 7) is 7.77. The van der Waals surface area contributed by atoms with Gasteiger partial charge in [0.2, 0.25) is 0 Å². The molecular formula is C17H22N2O5. The van der Waals surface area contributed by atoms with Gasteiger partial charge in [-0.1, -0.05) is 0 Å². The Kier molecular flexibility index (Phi) is 5.68. The van der Waals surface area contributed by atoms with Crippen molar-refractivity contribution in [3.63, 3.8) is 0 Å². The highest BCUT2D eigenvalue weighted by atomic mass is 16.5. The van der Waals surface area contributed by atoms with Crippen molar-refractivity contribution in [2.24, 2.45) is 0 Å².